The summed E-state index contributed by atoms with van der Waals surface area (Å²) in [4.78, 5) is 0. The average molecular weight is 209 g/mol. The molecule has 0 aromatic rings. The van der Waals surface area contributed by atoms with Crippen LogP contribution in [0.1, 0.15) is 13.8 Å². The van der Waals surface area contributed by atoms with Crippen molar-refractivity contribution >= 4 is 5.71 Å². The topological polar surface area (TPSA) is 61.9 Å². The fraction of sp³-hybridized carbons (Fsp3) is 0.625. The van der Waals surface area contributed by atoms with Crippen molar-refractivity contribution in [3.63, 3.8) is 0 Å². The Morgan fingerprint density at radius 2 is 1.79 bits per heavy atom. The third-order valence-electron chi connectivity index (χ3n) is 1.97. The lowest BCUT2D eigenvalue weighted by Crippen LogP contribution is -2.39. The summed E-state index contributed by atoms with van der Waals surface area (Å²) in [7, 11) is 1.47. The molecule has 6 heteroatoms. The van der Waals surface area contributed by atoms with Crippen LogP contribution in [0.4, 0.5) is 13.2 Å². The summed E-state index contributed by atoms with van der Waals surface area (Å²) in [5.41, 5.74) is 2.50. The molecule has 0 aromatic carbocycles. The SMILES string of the molecule is CN/C(N)=C\C(=N)C(C)(C)C(F)(F)F. The van der Waals surface area contributed by atoms with Gasteiger partial charge in [-0.1, -0.05) is 0 Å². The minimum absolute atomic E-state index is 0.0346. The molecule has 0 unspecified atom stereocenters. The Bertz CT molecular complexity index is 253. The summed E-state index contributed by atoms with van der Waals surface area (Å²) in [5, 5.41) is 9.71. The lowest BCUT2D eigenvalue weighted by Gasteiger charge is -2.27. The molecule has 82 valence electrons. The first-order valence-corrected chi connectivity index (χ1v) is 3.93. The number of rotatable bonds is 3. The van der Waals surface area contributed by atoms with Crippen LogP contribution in [0.5, 0.6) is 0 Å². The first-order valence-electron chi connectivity index (χ1n) is 3.93. The Hall–Kier alpha value is -1.20. The highest BCUT2D eigenvalue weighted by Gasteiger charge is 2.49. The molecule has 0 atom stereocenters. The van der Waals surface area contributed by atoms with Crippen LogP contribution in [0.2, 0.25) is 0 Å². The number of allylic oxidation sites excluding steroid dienone is 1. The standard InChI is InChI=1S/C8H14F3N3/c1-7(2,8(9,10)11)5(12)4-6(13)14-3/h4,12,14H,13H2,1-3H3/b6-4-,12-5?. The van der Waals surface area contributed by atoms with Gasteiger partial charge in [0.1, 0.15) is 5.41 Å². The maximum atomic E-state index is 12.4. The summed E-state index contributed by atoms with van der Waals surface area (Å²) < 4.78 is 37.2. The third-order valence-corrected chi connectivity index (χ3v) is 1.97. The number of nitrogens with two attached hydrogens (primary N) is 1. The van der Waals surface area contributed by atoms with Crippen LogP contribution in [0.25, 0.3) is 0 Å². The van der Waals surface area contributed by atoms with E-state index in [1.807, 2.05) is 0 Å². The molecule has 0 aliphatic rings. The summed E-state index contributed by atoms with van der Waals surface area (Å²) in [6, 6.07) is 0. The van der Waals surface area contributed by atoms with Gasteiger partial charge in [0.25, 0.3) is 0 Å². The second-order valence-corrected chi connectivity index (χ2v) is 3.39. The molecular weight excluding hydrogens is 195 g/mol. The van der Waals surface area contributed by atoms with E-state index in [1.165, 1.54) is 7.05 Å². The number of hydrogen-bond acceptors (Lipinski definition) is 3. The van der Waals surface area contributed by atoms with Crippen LogP contribution >= 0.6 is 0 Å². The van der Waals surface area contributed by atoms with Crippen molar-refractivity contribution in [3.8, 4) is 0 Å². The van der Waals surface area contributed by atoms with Gasteiger partial charge in [-0.15, -0.1) is 0 Å². The molecule has 0 spiro atoms. The molecule has 0 fully saturated rings. The summed E-state index contributed by atoms with van der Waals surface area (Å²) in [5.74, 6) is 0.0346. The molecule has 0 rings (SSSR count). The van der Waals surface area contributed by atoms with Crippen LogP contribution in [0.3, 0.4) is 0 Å². The largest absolute Gasteiger partial charge is 0.399 e. The number of halogens is 3. The summed E-state index contributed by atoms with van der Waals surface area (Å²) >= 11 is 0. The van der Waals surface area contributed by atoms with E-state index in [1.54, 1.807) is 0 Å². The first kappa shape index (κ1) is 12.8. The van der Waals surface area contributed by atoms with Crippen LogP contribution in [0.15, 0.2) is 11.9 Å². The van der Waals surface area contributed by atoms with Crippen molar-refractivity contribution in [1.82, 2.24) is 5.32 Å². The Labute approximate surface area is 80.7 Å². The highest BCUT2D eigenvalue weighted by molar-refractivity contribution is 5.97. The molecule has 3 nitrogen and oxygen atoms in total. The van der Waals surface area contributed by atoms with Crippen molar-refractivity contribution in [2.45, 2.75) is 20.0 Å². The number of alkyl halides is 3. The molecule has 0 aliphatic carbocycles. The molecule has 14 heavy (non-hydrogen) atoms. The van der Waals surface area contributed by atoms with E-state index in [-0.39, 0.29) is 5.82 Å². The van der Waals surface area contributed by atoms with Gasteiger partial charge < -0.3 is 16.5 Å². The summed E-state index contributed by atoms with van der Waals surface area (Å²) in [6.07, 6.45) is -3.48. The van der Waals surface area contributed by atoms with Gasteiger partial charge in [-0.3, -0.25) is 0 Å². The van der Waals surface area contributed by atoms with E-state index in [2.05, 4.69) is 5.32 Å². The zero-order chi connectivity index (χ0) is 11.6. The van der Waals surface area contributed by atoms with Crippen LogP contribution in [0, 0.1) is 10.8 Å². The van der Waals surface area contributed by atoms with E-state index >= 15 is 0 Å². The molecule has 0 saturated heterocycles. The van der Waals surface area contributed by atoms with E-state index in [0.717, 1.165) is 19.9 Å². The zero-order valence-electron chi connectivity index (χ0n) is 8.29. The third kappa shape index (κ3) is 2.65. The molecule has 4 N–H and O–H groups in total. The van der Waals surface area contributed by atoms with Gasteiger partial charge >= 0.3 is 6.18 Å². The van der Waals surface area contributed by atoms with Crippen molar-refractivity contribution in [1.29, 1.82) is 5.41 Å². The van der Waals surface area contributed by atoms with Gasteiger partial charge in [-0.05, 0) is 19.9 Å². The Morgan fingerprint density at radius 3 is 2.07 bits per heavy atom. The van der Waals surface area contributed by atoms with Crippen molar-refractivity contribution in [2.24, 2.45) is 11.1 Å². The molecule has 0 amide bonds. The Balaban J connectivity index is 4.87. The van der Waals surface area contributed by atoms with E-state index in [4.69, 9.17) is 11.1 Å². The predicted molar refractivity (Wildman–Crippen MR) is 48.9 cm³/mol. The molecule has 0 radical (unpaired) electrons. The van der Waals surface area contributed by atoms with Crippen molar-refractivity contribution in [3.05, 3.63) is 11.9 Å². The average Bonchev–Trinajstić information content (AvgIpc) is 2.01. The molecule has 0 aliphatic heterocycles. The second kappa shape index (κ2) is 3.89. The highest BCUT2D eigenvalue weighted by atomic mass is 19.4. The monoisotopic (exact) mass is 209 g/mol. The second-order valence-electron chi connectivity index (χ2n) is 3.39. The maximum absolute atomic E-state index is 12.4. The van der Waals surface area contributed by atoms with Crippen LogP contribution in [-0.4, -0.2) is 18.9 Å². The minimum atomic E-state index is -4.45. The normalized spacial score (nSPS) is 14.0. The van der Waals surface area contributed by atoms with Gasteiger partial charge in [0, 0.05) is 12.8 Å². The van der Waals surface area contributed by atoms with E-state index in [0.29, 0.717) is 0 Å². The van der Waals surface area contributed by atoms with Gasteiger partial charge in [0.2, 0.25) is 0 Å². The quantitative estimate of drug-likeness (QED) is 0.618. The van der Waals surface area contributed by atoms with Crippen molar-refractivity contribution < 1.29 is 13.2 Å². The van der Waals surface area contributed by atoms with E-state index in [9.17, 15) is 13.2 Å². The number of hydrogen-bond donors (Lipinski definition) is 3. The lowest BCUT2D eigenvalue weighted by molar-refractivity contribution is -0.186. The highest BCUT2D eigenvalue weighted by Crippen LogP contribution is 2.38. The molecule has 0 bridgehead atoms. The maximum Gasteiger partial charge on any atom is 0.399 e. The van der Waals surface area contributed by atoms with Gasteiger partial charge in [-0.2, -0.15) is 13.2 Å². The Kier molecular flexibility index (Phi) is 3.56. The smallest absolute Gasteiger partial charge is 0.385 e. The minimum Gasteiger partial charge on any atom is -0.385 e. The molecule has 0 aromatic heterocycles. The van der Waals surface area contributed by atoms with Gasteiger partial charge in [0.15, 0.2) is 0 Å². The molecule has 0 saturated carbocycles. The fourth-order valence-electron chi connectivity index (χ4n) is 0.561. The molecule has 0 heterocycles. The summed E-state index contributed by atoms with van der Waals surface area (Å²) in [6.45, 7) is 1.88. The first-order chi connectivity index (χ1) is 6.13. The van der Waals surface area contributed by atoms with Gasteiger partial charge in [-0.25, -0.2) is 0 Å². The molecular formula is C8H14F3N3. The Morgan fingerprint density at radius 1 is 1.36 bits per heavy atom. The fourth-order valence-corrected chi connectivity index (χ4v) is 0.561. The van der Waals surface area contributed by atoms with E-state index < -0.39 is 17.3 Å². The number of nitrogens with one attached hydrogen (secondary N) is 2. The lowest BCUT2D eigenvalue weighted by atomic mass is 9.86. The van der Waals surface area contributed by atoms with Gasteiger partial charge in [0.05, 0.1) is 5.82 Å². The van der Waals surface area contributed by atoms with Crippen LogP contribution in [-0.2, 0) is 0 Å². The van der Waals surface area contributed by atoms with Crippen LogP contribution < -0.4 is 11.1 Å². The zero-order valence-corrected chi connectivity index (χ0v) is 8.29. The predicted octanol–water partition coefficient (Wildman–Crippen LogP) is 1.61. The van der Waals surface area contributed by atoms with Crippen molar-refractivity contribution in [2.75, 3.05) is 7.05 Å².